The smallest absolute Gasteiger partial charge is 0.160 e. The fourth-order valence-corrected chi connectivity index (χ4v) is 2.78. The van der Waals surface area contributed by atoms with Gasteiger partial charge in [0.2, 0.25) is 0 Å². The molecule has 6 heteroatoms. The van der Waals surface area contributed by atoms with Crippen LogP contribution >= 0.6 is 0 Å². The summed E-state index contributed by atoms with van der Waals surface area (Å²) in [4.78, 5) is 13.5. The topological polar surface area (TPSA) is 70.3 Å². The van der Waals surface area contributed by atoms with Crippen molar-refractivity contribution >= 4 is 11.6 Å². The van der Waals surface area contributed by atoms with E-state index in [0.29, 0.717) is 11.9 Å². The highest BCUT2D eigenvalue weighted by atomic mass is 15.3. The summed E-state index contributed by atoms with van der Waals surface area (Å²) in [5.41, 5.74) is 2.54. The fraction of sp³-hybridized carbons (Fsp3) is 0.636. The van der Waals surface area contributed by atoms with Gasteiger partial charge in [-0.05, 0) is 19.4 Å². The Morgan fingerprint density at radius 3 is 3.12 bits per heavy atom. The number of piperazine rings is 1. The molecule has 1 aromatic rings. The lowest BCUT2D eigenvalue weighted by molar-refractivity contribution is 0.230. The van der Waals surface area contributed by atoms with E-state index in [4.69, 9.17) is 5.84 Å². The van der Waals surface area contributed by atoms with Gasteiger partial charge in [-0.15, -0.1) is 0 Å². The highest BCUT2D eigenvalue weighted by Crippen LogP contribution is 2.24. The minimum absolute atomic E-state index is 0.622. The predicted octanol–water partition coefficient (Wildman–Crippen LogP) is 0.0466. The van der Waals surface area contributed by atoms with E-state index in [0.717, 1.165) is 25.5 Å². The van der Waals surface area contributed by atoms with E-state index in [2.05, 4.69) is 25.2 Å². The summed E-state index contributed by atoms with van der Waals surface area (Å²) in [6.07, 6.45) is 6.08. The van der Waals surface area contributed by atoms with Gasteiger partial charge in [-0.25, -0.2) is 10.8 Å². The first-order valence-corrected chi connectivity index (χ1v) is 6.14. The van der Waals surface area contributed by atoms with Crippen molar-refractivity contribution in [1.82, 2.24) is 14.9 Å². The molecule has 2 aliphatic heterocycles. The second-order valence-corrected chi connectivity index (χ2v) is 4.68. The summed E-state index contributed by atoms with van der Waals surface area (Å²) in [7, 11) is 0. The molecule has 92 valence electrons. The Morgan fingerprint density at radius 1 is 1.29 bits per heavy atom. The summed E-state index contributed by atoms with van der Waals surface area (Å²) in [5, 5.41) is 0. The quantitative estimate of drug-likeness (QED) is 0.556. The van der Waals surface area contributed by atoms with Crippen molar-refractivity contribution in [2.24, 2.45) is 5.84 Å². The van der Waals surface area contributed by atoms with Crippen molar-refractivity contribution in [3.05, 3.63) is 12.4 Å². The number of nitrogens with two attached hydrogens (primary N) is 1. The zero-order chi connectivity index (χ0) is 11.7. The number of hydrogen-bond donors (Lipinski definition) is 2. The van der Waals surface area contributed by atoms with Crippen LogP contribution in [0, 0.1) is 0 Å². The lowest BCUT2D eigenvalue weighted by Gasteiger charge is -2.38. The van der Waals surface area contributed by atoms with E-state index in [1.54, 1.807) is 6.20 Å². The molecule has 6 nitrogen and oxygen atoms in total. The summed E-state index contributed by atoms with van der Waals surface area (Å²) in [6.45, 7) is 4.48. The molecule has 0 radical (unpaired) electrons. The van der Waals surface area contributed by atoms with Crippen LogP contribution in [-0.2, 0) is 0 Å². The number of nitrogens with zero attached hydrogens (tertiary/aromatic N) is 4. The third-order valence-corrected chi connectivity index (χ3v) is 3.68. The molecule has 3 rings (SSSR count). The molecule has 0 amide bonds. The second-order valence-electron chi connectivity index (χ2n) is 4.68. The molecule has 0 aliphatic carbocycles. The molecular weight excluding hydrogens is 216 g/mol. The Morgan fingerprint density at radius 2 is 2.24 bits per heavy atom. The minimum atomic E-state index is 0.622. The molecule has 17 heavy (non-hydrogen) atoms. The van der Waals surface area contributed by atoms with Gasteiger partial charge < -0.3 is 10.3 Å². The standard InChI is InChI=1S/C11H18N6/c12-15-10-6-13-7-11(14-10)17-5-4-16-3-1-2-9(16)8-17/h6-7,9H,1-5,8,12H2,(H,14,15). The van der Waals surface area contributed by atoms with Crippen molar-refractivity contribution in [3.63, 3.8) is 0 Å². The first-order chi connectivity index (χ1) is 8.36. The number of hydrazine groups is 1. The zero-order valence-electron chi connectivity index (χ0n) is 9.84. The van der Waals surface area contributed by atoms with Crippen LogP contribution < -0.4 is 16.2 Å². The van der Waals surface area contributed by atoms with Crippen LogP contribution in [0.15, 0.2) is 12.4 Å². The van der Waals surface area contributed by atoms with Gasteiger partial charge >= 0.3 is 0 Å². The molecule has 2 aliphatic rings. The normalized spacial score (nSPS) is 24.8. The fourth-order valence-electron chi connectivity index (χ4n) is 2.78. The maximum atomic E-state index is 5.35. The number of nitrogen functional groups attached to an aromatic ring is 1. The van der Waals surface area contributed by atoms with Gasteiger partial charge in [0.15, 0.2) is 5.82 Å². The van der Waals surface area contributed by atoms with Gasteiger partial charge in [0.25, 0.3) is 0 Å². The van der Waals surface area contributed by atoms with Crippen LogP contribution in [0.2, 0.25) is 0 Å². The second kappa shape index (κ2) is 4.46. The molecule has 1 aromatic heterocycles. The van der Waals surface area contributed by atoms with Crippen LogP contribution in [0.25, 0.3) is 0 Å². The molecule has 2 fully saturated rings. The maximum absolute atomic E-state index is 5.35. The van der Waals surface area contributed by atoms with E-state index in [1.165, 1.54) is 19.4 Å². The highest BCUT2D eigenvalue weighted by Gasteiger charge is 2.31. The Hall–Kier alpha value is -1.40. The summed E-state index contributed by atoms with van der Waals surface area (Å²) in [5.74, 6) is 6.90. The third kappa shape index (κ3) is 2.05. The summed E-state index contributed by atoms with van der Waals surface area (Å²) in [6, 6.07) is 0.694. The number of anilines is 2. The van der Waals surface area contributed by atoms with Crippen LogP contribution in [0.1, 0.15) is 12.8 Å². The molecule has 3 heterocycles. The van der Waals surface area contributed by atoms with Gasteiger partial charge in [0.05, 0.1) is 12.4 Å². The average Bonchev–Trinajstić information content (AvgIpc) is 2.86. The molecular formula is C11H18N6. The van der Waals surface area contributed by atoms with Crippen LogP contribution in [0.3, 0.4) is 0 Å². The highest BCUT2D eigenvalue weighted by molar-refractivity contribution is 5.43. The summed E-state index contributed by atoms with van der Waals surface area (Å²) >= 11 is 0. The van der Waals surface area contributed by atoms with Crippen molar-refractivity contribution < 1.29 is 0 Å². The minimum Gasteiger partial charge on any atom is -0.352 e. The number of hydrogen-bond acceptors (Lipinski definition) is 6. The molecule has 3 N–H and O–H groups in total. The van der Waals surface area contributed by atoms with Crippen LogP contribution in [0.5, 0.6) is 0 Å². The van der Waals surface area contributed by atoms with Crippen molar-refractivity contribution in [2.75, 3.05) is 36.5 Å². The molecule has 0 aromatic carbocycles. The molecule has 0 saturated carbocycles. The van der Waals surface area contributed by atoms with Crippen molar-refractivity contribution in [2.45, 2.75) is 18.9 Å². The predicted molar refractivity (Wildman–Crippen MR) is 66.7 cm³/mol. The number of nitrogens with one attached hydrogen (secondary N) is 1. The first kappa shape index (κ1) is 10.7. The third-order valence-electron chi connectivity index (χ3n) is 3.68. The molecule has 0 spiro atoms. The lowest BCUT2D eigenvalue weighted by atomic mass is 10.1. The Labute approximate surface area is 101 Å². The van der Waals surface area contributed by atoms with Crippen LogP contribution in [-0.4, -0.2) is 47.1 Å². The van der Waals surface area contributed by atoms with Gasteiger partial charge in [0, 0.05) is 25.7 Å². The Bertz CT molecular complexity index is 395. The van der Waals surface area contributed by atoms with E-state index >= 15 is 0 Å². The number of aromatic nitrogens is 2. The van der Waals surface area contributed by atoms with Gasteiger partial charge in [-0.1, -0.05) is 0 Å². The lowest BCUT2D eigenvalue weighted by Crippen LogP contribution is -2.50. The average molecular weight is 234 g/mol. The molecule has 1 atom stereocenters. The monoisotopic (exact) mass is 234 g/mol. The van der Waals surface area contributed by atoms with E-state index < -0.39 is 0 Å². The van der Waals surface area contributed by atoms with Gasteiger partial charge in [-0.3, -0.25) is 9.88 Å². The van der Waals surface area contributed by atoms with Crippen LogP contribution in [0.4, 0.5) is 11.6 Å². The van der Waals surface area contributed by atoms with Crippen molar-refractivity contribution in [3.8, 4) is 0 Å². The largest absolute Gasteiger partial charge is 0.352 e. The molecule has 0 bridgehead atoms. The first-order valence-electron chi connectivity index (χ1n) is 6.14. The number of fused-ring (bicyclic) bond motifs is 1. The SMILES string of the molecule is NNc1cncc(N2CCN3CCCC3C2)n1. The zero-order valence-corrected chi connectivity index (χ0v) is 9.84. The van der Waals surface area contributed by atoms with E-state index in [1.807, 2.05) is 6.20 Å². The molecule has 1 unspecified atom stereocenters. The maximum Gasteiger partial charge on any atom is 0.160 e. The van der Waals surface area contributed by atoms with Gasteiger partial charge in [0.1, 0.15) is 5.82 Å². The molecule has 2 saturated heterocycles. The Balaban J connectivity index is 1.75. The van der Waals surface area contributed by atoms with Gasteiger partial charge in [-0.2, -0.15) is 0 Å². The van der Waals surface area contributed by atoms with Crippen molar-refractivity contribution in [1.29, 1.82) is 0 Å². The Kier molecular flexibility index (Phi) is 2.82. The van der Waals surface area contributed by atoms with E-state index in [-0.39, 0.29) is 0 Å². The summed E-state index contributed by atoms with van der Waals surface area (Å²) < 4.78 is 0. The number of rotatable bonds is 2. The van der Waals surface area contributed by atoms with E-state index in [9.17, 15) is 0 Å².